The van der Waals surface area contributed by atoms with Crippen molar-refractivity contribution in [3.05, 3.63) is 0 Å². The lowest BCUT2D eigenvalue weighted by Crippen LogP contribution is -2.02. The van der Waals surface area contributed by atoms with Crippen LogP contribution in [-0.2, 0) is 10.7 Å². The van der Waals surface area contributed by atoms with Crippen LogP contribution in [-0.4, -0.2) is 14.2 Å². The molecule has 0 N–H and O–H groups in total. The number of hydrogen-bond donors (Lipinski definition) is 1. The number of unbranched alkanes of at least 4 members (excludes halogenated alkanes) is 2. The summed E-state index contributed by atoms with van der Waals surface area (Å²) in [6.45, 7) is 4.15. The highest BCUT2D eigenvalue weighted by Crippen LogP contribution is 2.08. The molecule has 0 rings (SSSR count). The SMILES string of the molecule is CCCCCC(C)C[SH](=O)=O. The average Bonchev–Trinajstić information content (AvgIpc) is 1.86. The summed E-state index contributed by atoms with van der Waals surface area (Å²) in [5.74, 6) is 0.710. The molecule has 1 unspecified atom stereocenters. The highest BCUT2D eigenvalue weighted by Gasteiger charge is 2.01. The Morgan fingerprint density at radius 2 is 1.91 bits per heavy atom. The molecule has 0 saturated heterocycles. The minimum atomic E-state index is -2.16. The minimum Gasteiger partial charge on any atom is -0.232 e. The Labute approximate surface area is 71.0 Å². The van der Waals surface area contributed by atoms with Gasteiger partial charge in [0.2, 0.25) is 0 Å². The van der Waals surface area contributed by atoms with Gasteiger partial charge in [-0.15, -0.1) is 0 Å². The molecule has 0 bridgehead atoms. The summed E-state index contributed by atoms with van der Waals surface area (Å²) >= 11 is 0. The largest absolute Gasteiger partial charge is 0.232 e. The smallest absolute Gasteiger partial charge is 0.140 e. The first-order chi connectivity index (χ1) is 5.16. The van der Waals surface area contributed by atoms with Gasteiger partial charge in [-0.2, -0.15) is 0 Å². The fourth-order valence-corrected chi connectivity index (χ4v) is 1.78. The zero-order valence-electron chi connectivity index (χ0n) is 7.38. The topological polar surface area (TPSA) is 34.1 Å². The third-order valence-corrected chi connectivity index (χ3v) is 2.68. The highest BCUT2D eigenvalue weighted by molar-refractivity contribution is 7.72. The molecule has 0 aromatic rings. The van der Waals surface area contributed by atoms with Crippen molar-refractivity contribution in [1.29, 1.82) is 0 Å². The summed E-state index contributed by atoms with van der Waals surface area (Å²) in [6, 6.07) is 0. The first-order valence-corrected chi connectivity index (χ1v) is 5.65. The van der Waals surface area contributed by atoms with Gasteiger partial charge in [0, 0.05) is 0 Å². The molecule has 0 heterocycles. The molecule has 0 aliphatic carbocycles. The van der Waals surface area contributed by atoms with Crippen molar-refractivity contribution >= 4 is 10.7 Å². The van der Waals surface area contributed by atoms with E-state index in [9.17, 15) is 8.42 Å². The molecule has 0 aliphatic heterocycles. The van der Waals surface area contributed by atoms with E-state index in [0.717, 1.165) is 6.42 Å². The van der Waals surface area contributed by atoms with Crippen LogP contribution in [0.15, 0.2) is 0 Å². The van der Waals surface area contributed by atoms with E-state index in [1.807, 2.05) is 6.92 Å². The molecule has 0 radical (unpaired) electrons. The third-order valence-electron chi connectivity index (χ3n) is 1.76. The van der Waals surface area contributed by atoms with Gasteiger partial charge in [0.15, 0.2) is 0 Å². The van der Waals surface area contributed by atoms with E-state index in [1.165, 1.54) is 19.3 Å². The summed E-state index contributed by atoms with van der Waals surface area (Å²) in [4.78, 5) is 0. The molecule has 2 nitrogen and oxygen atoms in total. The fourth-order valence-electron chi connectivity index (χ4n) is 1.09. The number of hydrogen-bond acceptors (Lipinski definition) is 2. The third kappa shape index (κ3) is 7.85. The predicted octanol–water partition coefficient (Wildman–Crippen LogP) is 1.81. The van der Waals surface area contributed by atoms with Crippen LogP contribution in [0.5, 0.6) is 0 Å². The maximum Gasteiger partial charge on any atom is 0.140 e. The van der Waals surface area contributed by atoms with Crippen molar-refractivity contribution in [3.8, 4) is 0 Å². The lowest BCUT2D eigenvalue weighted by Gasteiger charge is -2.05. The average molecular weight is 178 g/mol. The van der Waals surface area contributed by atoms with Crippen LogP contribution in [0.1, 0.15) is 39.5 Å². The van der Waals surface area contributed by atoms with Gasteiger partial charge in [0.05, 0.1) is 5.75 Å². The van der Waals surface area contributed by atoms with Crippen molar-refractivity contribution in [2.45, 2.75) is 39.5 Å². The molecule has 0 aromatic carbocycles. The van der Waals surface area contributed by atoms with E-state index in [0.29, 0.717) is 11.7 Å². The van der Waals surface area contributed by atoms with E-state index in [-0.39, 0.29) is 0 Å². The molecular weight excluding hydrogens is 160 g/mol. The Bertz CT molecular complexity index is 144. The van der Waals surface area contributed by atoms with Gasteiger partial charge in [0.25, 0.3) is 0 Å². The first-order valence-electron chi connectivity index (χ1n) is 4.28. The molecular formula is C8H18O2S. The summed E-state index contributed by atoms with van der Waals surface area (Å²) in [6.07, 6.45) is 4.65. The normalized spacial score (nSPS) is 13.7. The van der Waals surface area contributed by atoms with Crippen LogP contribution in [0.4, 0.5) is 0 Å². The van der Waals surface area contributed by atoms with E-state index < -0.39 is 10.7 Å². The van der Waals surface area contributed by atoms with E-state index in [1.54, 1.807) is 0 Å². The lowest BCUT2D eigenvalue weighted by atomic mass is 10.1. The maximum absolute atomic E-state index is 10.3. The molecule has 0 aliphatic rings. The van der Waals surface area contributed by atoms with Crippen molar-refractivity contribution in [2.75, 3.05) is 5.75 Å². The first kappa shape index (κ1) is 11.0. The van der Waals surface area contributed by atoms with Gasteiger partial charge in [0.1, 0.15) is 10.7 Å². The summed E-state index contributed by atoms with van der Waals surface area (Å²) < 4.78 is 20.6. The van der Waals surface area contributed by atoms with Gasteiger partial charge in [-0.1, -0.05) is 33.1 Å². The van der Waals surface area contributed by atoms with Crippen LogP contribution in [0, 0.1) is 5.92 Å². The molecule has 0 saturated carbocycles. The molecule has 0 fully saturated rings. The molecule has 1 atom stereocenters. The zero-order chi connectivity index (χ0) is 8.69. The summed E-state index contributed by atoms with van der Waals surface area (Å²) in [5.41, 5.74) is 0. The van der Waals surface area contributed by atoms with Gasteiger partial charge in [-0.25, -0.2) is 8.42 Å². The lowest BCUT2D eigenvalue weighted by molar-refractivity contribution is 0.527. The second-order valence-electron chi connectivity index (χ2n) is 3.12. The Kier molecular flexibility index (Phi) is 6.62. The van der Waals surface area contributed by atoms with E-state index in [2.05, 4.69) is 6.92 Å². The van der Waals surface area contributed by atoms with Crippen molar-refractivity contribution in [3.63, 3.8) is 0 Å². The Morgan fingerprint density at radius 1 is 1.27 bits per heavy atom. The van der Waals surface area contributed by atoms with E-state index >= 15 is 0 Å². The van der Waals surface area contributed by atoms with Gasteiger partial charge >= 0.3 is 0 Å². The van der Waals surface area contributed by atoms with Crippen LogP contribution < -0.4 is 0 Å². The van der Waals surface area contributed by atoms with Crippen LogP contribution in [0.2, 0.25) is 0 Å². The maximum atomic E-state index is 10.3. The monoisotopic (exact) mass is 178 g/mol. The van der Waals surface area contributed by atoms with Gasteiger partial charge < -0.3 is 0 Å². The second kappa shape index (κ2) is 6.65. The number of rotatable bonds is 6. The van der Waals surface area contributed by atoms with Crippen molar-refractivity contribution < 1.29 is 8.42 Å². The standard InChI is InChI=1S/C8H18O2S/c1-3-4-5-6-8(2)7-11(9)10/h8,11H,3-7H2,1-2H3. The molecule has 0 aromatic heterocycles. The quantitative estimate of drug-likeness (QED) is 0.497. The molecule has 3 heteroatoms. The predicted molar refractivity (Wildman–Crippen MR) is 48.5 cm³/mol. The fraction of sp³-hybridized carbons (Fsp3) is 1.00. The Hall–Kier alpha value is -0.0500. The number of thiol groups is 1. The second-order valence-corrected chi connectivity index (χ2v) is 4.15. The summed E-state index contributed by atoms with van der Waals surface area (Å²) in [5, 5.41) is 0. The molecule has 68 valence electrons. The van der Waals surface area contributed by atoms with Gasteiger partial charge in [-0.05, 0) is 12.3 Å². The Balaban J connectivity index is 3.29. The van der Waals surface area contributed by atoms with E-state index in [4.69, 9.17) is 0 Å². The molecule has 0 amide bonds. The van der Waals surface area contributed by atoms with Crippen molar-refractivity contribution in [2.24, 2.45) is 5.92 Å². The summed E-state index contributed by atoms with van der Waals surface area (Å²) in [7, 11) is -2.16. The van der Waals surface area contributed by atoms with Crippen LogP contribution in [0.3, 0.4) is 0 Å². The molecule has 11 heavy (non-hydrogen) atoms. The highest BCUT2D eigenvalue weighted by atomic mass is 32.2. The van der Waals surface area contributed by atoms with Crippen LogP contribution in [0.25, 0.3) is 0 Å². The van der Waals surface area contributed by atoms with Crippen LogP contribution >= 0.6 is 0 Å². The molecule has 0 spiro atoms. The Morgan fingerprint density at radius 3 is 2.36 bits per heavy atom. The van der Waals surface area contributed by atoms with Crippen molar-refractivity contribution in [1.82, 2.24) is 0 Å². The zero-order valence-corrected chi connectivity index (χ0v) is 8.27. The minimum absolute atomic E-state index is 0.350. The van der Waals surface area contributed by atoms with Gasteiger partial charge in [-0.3, -0.25) is 0 Å².